The molecule has 0 saturated heterocycles. The molecule has 0 aliphatic rings. The van der Waals surface area contributed by atoms with E-state index in [0.717, 1.165) is 17.5 Å². The number of hydrogen-bond donors (Lipinski definition) is 0. The number of rotatable bonds is 9. The largest absolute Gasteiger partial charge is 0.497 e. The number of nitrogens with zero attached hydrogens (tertiary/aromatic N) is 1. The predicted molar refractivity (Wildman–Crippen MR) is 102 cm³/mol. The van der Waals surface area contributed by atoms with Gasteiger partial charge >= 0.3 is 5.97 Å². The number of esters is 1. The quantitative estimate of drug-likeness (QED) is 0.475. The SMILES string of the molecule is CCCC[Si](C)(C)COc1ccc(C(=O)OCc2cccnc2)cc1. The van der Waals surface area contributed by atoms with Crippen molar-refractivity contribution in [3.63, 3.8) is 0 Å². The molecular formula is C20H27NO3Si. The van der Waals surface area contributed by atoms with Crippen LogP contribution in [0.3, 0.4) is 0 Å². The van der Waals surface area contributed by atoms with E-state index >= 15 is 0 Å². The van der Waals surface area contributed by atoms with Crippen LogP contribution in [0, 0.1) is 0 Å². The van der Waals surface area contributed by atoms with Crippen molar-refractivity contribution in [2.45, 2.75) is 45.5 Å². The van der Waals surface area contributed by atoms with Crippen LogP contribution in [-0.4, -0.2) is 25.3 Å². The van der Waals surface area contributed by atoms with Crippen LogP contribution in [0.2, 0.25) is 19.1 Å². The first-order valence-corrected chi connectivity index (χ1v) is 12.2. The first kappa shape index (κ1) is 19.2. The van der Waals surface area contributed by atoms with Gasteiger partial charge < -0.3 is 9.47 Å². The monoisotopic (exact) mass is 357 g/mol. The van der Waals surface area contributed by atoms with Crippen molar-refractivity contribution in [2.24, 2.45) is 0 Å². The van der Waals surface area contributed by atoms with E-state index in [1.165, 1.54) is 18.9 Å². The zero-order valence-electron chi connectivity index (χ0n) is 15.3. The van der Waals surface area contributed by atoms with Gasteiger partial charge in [-0.05, 0) is 30.3 Å². The summed E-state index contributed by atoms with van der Waals surface area (Å²) in [5.41, 5.74) is 1.40. The average Bonchev–Trinajstić information content (AvgIpc) is 2.64. The van der Waals surface area contributed by atoms with Crippen molar-refractivity contribution >= 4 is 14.0 Å². The van der Waals surface area contributed by atoms with E-state index in [-0.39, 0.29) is 12.6 Å². The van der Waals surface area contributed by atoms with E-state index in [9.17, 15) is 4.79 Å². The van der Waals surface area contributed by atoms with Crippen molar-refractivity contribution in [2.75, 3.05) is 6.23 Å². The summed E-state index contributed by atoms with van der Waals surface area (Å²) in [5, 5.41) is 0. The molecule has 25 heavy (non-hydrogen) atoms. The van der Waals surface area contributed by atoms with Crippen LogP contribution in [-0.2, 0) is 11.3 Å². The maximum absolute atomic E-state index is 12.1. The smallest absolute Gasteiger partial charge is 0.338 e. The van der Waals surface area contributed by atoms with Crippen molar-refractivity contribution in [1.82, 2.24) is 4.98 Å². The van der Waals surface area contributed by atoms with Gasteiger partial charge in [0.15, 0.2) is 0 Å². The lowest BCUT2D eigenvalue weighted by atomic mass is 10.2. The van der Waals surface area contributed by atoms with Gasteiger partial charge in [-0.25, -0.2) is 4.79 Å². The molecule has 0 bridgehead atoms. The second-order valence-corrected chi connectivity index (χ2v) is 12.1. The number of benzene rings is 1. The van der Waals surface area contributed by atoms with E-state index in [4.69, 9.17) is 9.47 Å². The zero-order chi connectivity index (χ0) is 18.1. The van der Waals surface area contributed by atoms with Crippen molar-refractivity contribution in [1.29, 1.82) is 0 Å². The Morgan fingerprint density at radius 1 is 1.16 bits per heavy atom. The number of pyridine rings is 1. The fourth-order valence-corrected chi connectivity index (χ4v) is 4.42. The van der Waals surface area contributed by atoms with Gasteiger partial charge in [0.25, 0.3) is 0 Å². The third-order valence-corrected chi connectivity index (χ3v) is 6.65. The molecule has 0 fully saturated rings. The van der Waals surface area contributed by atoms with E-state index in [0.29, 0.717) is 5.56 Å². The van der Waals surface area contributed by atoms with Crippen LogP contribution in [0.25, 0.3) is 0 Å². The summed E-state index contributed by atoms with van der Waals surface area (Å²) in [6, 6.07) is 12.2. The van der Waals surface area contributed by atoms with Gasteiger partial charge in [-0.1, -0.05) is 45.0 Å². The summed E-state index contributed by atoms with van der Waals surface area (Å²) in [6.07, 6.45) is 6.68. The number of hydrogen-bond acceptors (Lipinski definition) is 4. The molecule has 4 nitrogen and oxygen atoms in total. The first-order valence-electron chi connectivity index (χ1n) is 8.79. The lowest BCUT2D eigenvalue weighted by molar-refractivity contribution is 0.0472. The Hall–Kier alpha value is -2.14. The van der Waals surface area contributed by atoms with Gasteiger partial charge in [-0.3, -0.25) is 4.98 Å². The maximum atomic E-state index is 12.1. The number of aromatic nitrogens is 1. The van der Waals surface area contributed by atoms with Crippen LogP contribution in [0.15, 0.2) is 48.8 Å². The lowest BCUT2D eigenvalue weighted by Gasteiger charge is -2.22. The molecule has 0 aliphatic carbocycles. The molecule has 0 spiro atoms. The van der Waals surface area contributed by atoms with Crippen molar-refractivity contribution in [3.8, 4) is 5.75 Å². The molecule has 0 unspecified atom stereocenters. The third kappa shape index (κ3) is 6.70. The van der Waals surface area contributed by atoms with E-state index in [2.05, 4.69) is 25.0 Å². The standard InChI is InChI=1S/C20H27NO3Si/c1-4-5-13-25(2,3)16-24-19-10-8-18(9-11-19)20(22)23-15-17-7-6-12-21-14-17/h6-12,14H,4-5,13,15-16H2,1-3H3. The molecule has 0 N–H and O–H groups in total. The molecule has 0 atom stereocenters. The average molecular weight is 358 g/mol. The highest BCUT2D eigenvalue weighted by molar-refractivity contribution is 6.77. The highest BCUT2D eigenvalue weighted by atomic mass is 28.3. The van der Waals surface area contributed by atoms with E-state index in [1.54, 1.807) is 24.5 Å². The lowest BCUT2D eigenvalue weighted by Crippen LogP contribution is -2.34. The number of unbranched alkanes of at least 4 members (excludes halogenated alkanes) is 1. The fourth-order valence-electron chi connectivity index (χ4n) is 2.41. The Balaban J connectivity index is 1.83. The van der Waals surface area contributed by atoms with Crippen LogP contribution in [0.4, 0.5) is 0 Å². The van der Waals surface area contributed by atoms with Gasteiger partial charge in [-0.15, -0.1) is 0 Å². The Kier molecular flexibility index (Phi) is 7.19. The van der Waals surface area contributed by atoms with Crippen LogP contribution >= 0.6 is 0 Å². The topological polar surface area (TPSA) is 48.4 Å². The zero-order valence-corrected chi connectivity index (χ0v) is 16.3. The number of carbonyl (C=O) groups excluding carboxylic acids is 1. The normalized spacial score (nSPS) is 11.2. The second-order valence-electron chi connectivity index (χ2n) is 7.02. The molecule has 1 heterocycles. The molecule has 0 amide bonds. The summed E-state index contributed by atoms with van der Waals surface area (Å²) in [7, 11) is -1.31. The highest BCUT2D eigenvalue weighted by Gasteiger charge is 2.21. The summed E-state index contributed by atoms with van der Waals surface area (Å²) in [6.45, 7) is 7.15. The molecule has 134 valence electrons. The second kappa shape index (κ2) is 9.37. The maximum Gasteiger partial charge on any atom is 0.338 e. The Bertz CT molecular complexity index is 656. The minimum Gasteiger partial charge on any atom is -0.497 e. The molecule has 1 aromatic carbocycles. The number of ether oxygens (including phenoxy) is 2. The Morgan fingerprint density at radius 3 is 2.56 bits per heavy atom. The summed E-state index contributed by atoms with van der Waals surface area (Å²) >= 11 is 0. The minimum absolute atomic E-state index is 0.224. The van der Waals surface area contributed by atoms with Crippen molar-refractivity contribution < 1.29 is 14.3 Å². The molecule has 0 radical (unpaired) electrons. The Morgan fingerprint density at radius 2 is 1.92 bits per heavy atom. The summed E-state index contributed by atoms with van der Waals surface area (Å²) in [4.78, 5) is 16.1. The molecule has 2 aromatic rings. The molecule has 5 heteroatoms. The van der Waals surface area contributed by atoms with Gasteiger partial charge in [0.2, 0.25) is 0 Å². The van der Waals surface area contributed by atoms with Gasteiger partial charge in [0, 0.05) is 18.0 Å². The van der Waals surface area contributed by atoms with Crippen LogP contribution < -0.4 is 4.74 Å². The third-order valence-electron chi connectivity index (χ3n) is 4.02. The highest BCUT2D eigenvalue weighted by Crippen LogP contribution is 2.18. The Labute approximate surface area is 151 Å². The van der Waals surface area contributed by atoms with Gasteiger partial charge in [0.05, 0.1) is 19.9 Å². The van der Waals surface area contributed by atoms with Gasteiger partial charge in [0.1, 0.15) is 12.4 Å². The van der Waals surface area contributed by atoms with E-state index in [1.807, 2.05) is 24.3 Å². The van der Waals surface area contributed by atoms with Crippen LogP contribution in [0.5, 0.6) is 5.75 Å². The summed E-state index contributed by atoms with van der Waals surface area (Å²) < 4.78 is 11.2. The minimum atomic E-state index is -1.31. The molecule has 2 rings (SSSR count). The van der Waals surface area contributed by atoms with Gasteiger partial charge in [-0.2, -0.15) is 0 Å². The number of carbonyl (C=O) groups is 1. The summed E-state index contributed by atoms with van der Waals surface area (Å²) in [5.74, 6) is 0.467. The van der Waals surface area contributed by atoms with Crippen LogP contribution in [0.1, 0.15) is 35.7 Å². The van der Waals surface area contributed by atoms with Crippen molar-refractivity contribution in [3.05, 3.63) is 59.9 Å². The fraction of sp³-hybridized carbons (Fsp3) is 0.400. The molecule has 0 saturated carbocycles. The molecule has 0 aliphatic heterocycles. The molecular weight excluding hydrogens is 330 g/mol. The predicted octanol–water partition coefficient (Wildman–Crippen LogP) is 4.87. The molecule has 1 aromatic heterocycles. The first-order chi connectivity index (χ1) is 12.0. The van der Waals surface area contributed by atoms with E-state index < -0.39 is 8.07 Å².